The molecule has 0 bridgehead atoms. The van der Waals surface area contributed by atoms with Crippen LogP contribution in [0.1, 0.15) is 17.5 Å². The fourth-order valence-corrected chi connectivity index (χ4v) is 4.40. The molecule has 172 valence electrons. The van der Waals surface area contributed by atoms with Gasteiger partial charge in [-0.2, -0.15) is 0 Å². The molecule has 3 aromatic carbocycles. The summed E-state index contributed by atoms with van der Waals surface area (Å²) in [6.45, 7) is 0.644. The highest BCUT2D eigenvalue weighted by Gasteiger charge is 2.15. The Kier molecular flexibility index (Phi) is 7.47. The minimum atomic E-state index is -3.82. The van der Waals surface area contributed by atoms with E-state index in [0.29, 0.717) is 17.7 Å². The number of primary sulfonamides is 1. The van der Waals surface area contributed by atoms with Gasteiger partial charge in [0.15, 0.2) is 0 Å². The van der Waals surface area contributed by atoms with E-state index in [0.717, 1.165) is 29.7 Å². The first-order valence-corrected chi connectivity index (χ1v) is 11.9. The summed E-state index contributed by atoms with van der Waals surface area (Å²) in [6, 6.07) is 21.4. The van der Waals surface area contributed by atoms with Gasteiger partial charge in [-0.1, -0.05) is 54.6 Å². The van der Waals surface area contributed by atoms with Crippen molar-refractivity contribution in [1.82, 2.24) is 0 Å². The van der Waals surface area contributed by atoms with Crippen LogP contribution in [0.4, 0.5) is 5.69 Å². The molecular weight excluding hydrogens is 438 g/mol. The number of carbonyl (C=O) groups is 1. The van der Waals surface area contributed by atoms with Crippen molar-refractivity contribution in [3.8, 4) is 11.1 Å². The quantitative estimate of drug-likeness (QED) is 0.267. The SMILES string of the molecule is N=C(N)c1cccc(N(CCCc2ccc(-c3ccccc3S(N)(=O)=O)cc2)CC(N)=O)c1. The third-order valence-corrected chi connectivity index (χ3v) is 6.19. The number of primary amides is 1. The zero-order chi connectivity index (χ0) is 24.0. The van der Waals surface area contributed by atoms with Crippen LogP contribution in [0.5, 0.6) is 0 Å². The maximum atomic E-state index is 11.9. The molecule has 33 heavy (non-hydrogen) atoms. The van der Waals surface area contributed by atoms with Gasteiger partial charge >= 0.3 is 0 Å². The number of amidine groups is 1. The highest BCUT2D eigenvalue weighted by atomic mass is 32.2. The van der Waals surface area contributed by atoms with Gasteiger partial charge in [0.2, 0.25) is 15.9 Å². The Morgan fingerprint density at radius 2 is 1.64 bits per heavy atom. The Hall–Kier alpha value is -3.69. The molecule has 1 amide bonds. The number of aryl methyl sites for hydroxylation is 1. The van der Waals surface area contributed by atoms with Crippen molar-refractivity contribution in [1.29, 1.82) is 5.41 Å². The average Bonchev–Trinajstić information content (AvgIpc) is 2.78. The van der Waals surface area contributed by atoms with Gasteiger partial charge in [-0.25, -0.2) is 13.6 Å². The number of rotatable bonds is 10. The van der Waals surface area contributed by atoms with E-state index in [1.54, 1.807) is 36.4 Å². The molecule has 8 nitrogen and oxygen atoms in total. The zero-order valence-electron chi connectivity index (χ0n) is 18.1. The fraction of sp³-hybridized carbons (Fsp3) is 0.167. The predicted molar refractivity (Wildman–Crippen MR) is 130 cm³/mol. The number of sulfonamides is 1. The van der Waals surface area contributed by atoms with Gasteiger partial charge in [-0.3, -0.25) is 10.2 Å². The standard InChI is InChI=1S/C24H27N5O3S/c25-23(30)16-29(20-7-3-6-19(15-20)24(26)27)14-4-5-17-10-12-18(13-11-17)21-8-1-2-9-22(21)33(28,31)32/h1-3,6-13,15H,4-5,14,16H2,(H2,25,30)(H3,26,27)(H2,28,31,32). The largest absolute Gasteiger partial charge is 0.384 e. The van der Waals surface area contributed by atoms with Crippen LogP contribution < -0.4 is 21.5 Å². The number of nitrogens with one attached hydrogen (secondary N) is 1. The van der Waals surface area contributed by atoms with Crippen molar-refractivity contribution < 1.29 is 13.2 Å². The zero-order valence-corrected chi connectivity index (χ0v) is 18.9. The van der Waals surface area contributed by atoms with Crippen LogP contribution in [0.25, 0.3) is 11.1 Å². The lowest BCUT2D eigenvalue weighted by Crippen LogP contribution is -2.34. The normalized spacial score (nSPS) is 11.2. The van der Waals surface area contributed by atoms with E-state index >= 15 is 0 Å². The van der Waals surface area contributed by atoms with Crippen LogP contribution in [0.15, 0.2) is 77.7 Å². The van der Waals surface area contributed by atoms with Crippen LogP contribution in [0.2, 0.25) is 0 Å². The summed E-state index contributed by atoms with van der Waals surface area (Å²) < 4.78 is 23.7. The van der Waals surface area contributed by atoms with Crippen molar-refractivity contribution in [2.45, 2.75) is 17.7 Å². The van der Waals surface area contributed by atoms with E-state index in [9.17, 15) is 13.2 Å². The first-order valence-electron chi connectivity index (χ1n) is 10.3. The van der Waals surface area contributed by atoms with Crippen LogP contribution in [0, 0.1) is 5.41 Å². The number of benzene rings is 3. The number of nitrogen functional groups attached to an aromatic ring is 1. The number of nitrogens with two attached hydrogens (primary N) is 3. The van der Waals surface area contributed by atoms with E-state index in [1.165, 1.54) is 6.07 Å². The van der Waals surface area contributed by atoms with Gasteiger partial charge in [0.25, 0.3) is 0 Å². The number of amides is 1. The average molecular weight is 466 g/mol. The maximum Gasteiger partial charge on any atom is 0.238 e. The summed E-state index contributed by atoms with van der Waals surface area (Å²) in [5.74, 6) is -0.485. The van der Waals surface area contributed by atoms with Gasteiger partial charge in [0.05, 0.1) is 11.4 Å². The van der Waals surface area contributed by atoms with E-state index in [1.807, 2.05) is 35.2 Å². The molecule has 9 heteroatoms. The molecule has 0 aliphatic rings. The summed E-state index contributed by atoms with van der Waals surface area (Å²) in [6.07, 6.45) is 1.50. The molecule has 0 atom stereocenters. The molecular formula is C24H27N5O3S. The Labute approximate surface area is 193 Å². The first kappa shape index (κ1) is 24.0. The van der Waals surface area contributed by atoms with Gasteiger partial charge in [-0.05, 0) is 42.2 Å². The summed E-state index contributed by atoms with van der Waals surface area (Å²) in [5.41, 5.74) is 14.8. The van der Waals surface area contributed by atoms with Crippen LogP contribution in [-0.2, 0) is 21.2 Å². The Morgan fingerprint density at radius 3 is 2.27 bits per heavy atom. The lowest BCUT2D eigenvalue weighted by Gasteiger charge is -2.24. The monoisotopic (exact) mass is 465 g/mol. The molecule has 3 rings (SSSR count). The molecule has 0 heterocycles. The number of carbonyl (C=O) groups excluding carboxylic acids is 1. The second-order valence-corrected chi connectivity index (χ2v) is 9.22. The fourth-order valence-electron chi connectivity index (χ4n) is 3.64. The highest BCUT2D eigenvalue weighted by molar-refractivity contribution is 7.89. The summed E-state index contributed by atoms with van der Waals surface area (Å²) in [5, 5.41) is 13.0. The third kappa shape index (κ3) is 6.41. The number of hydrogen-bond donors (Lipinski definition) is 4. The minimum absolute atomic E-state index is 0.0417. The second kappa shape index (κ2) is 10.3. The van der Waals surface area contributed by atoms with E-state index in [-0.39, 0.29) is 17.3 Å². The highest BCUT2D eigenvalue weighted by Crippen LogP contribution is 2.27. The molecule has 0 aliphatic heterocycles. The lowest BCUT2D eigenvalue weighted by atomic mass is 10.0. The van der Waals surface area contributed by atoms with Gasteiger partial charge in [0, 0.05) is 23.4 Å². The topological polar surface area (TPSA) is 156 Å². The van der Waals surface area contributed by atoms with Crippen molar-refractivity contribution in [2.24, 2.45) is 16.6 Å². The molecule has 0 radical (unpaired) electrons. The summed E-state index contributed by atoms with van der Waals surface area (Å²) in [4.78, 5) is 13.5. The summed E-state index contributed by atoms with van der Waals surface area (Å²) in [7, 11) is -3.82. The summed E-state index contributed by atoms with van der Waals surface area (Å²) >= 11 is 0. The Bertz CT molecular complexity index is 1260. The molecule has 0 fully saturated rings. The van der Waals surface area contributed by atoms with E-state index in [2.05, 4.69) is 0 Å². The molecule has 7 N–H and O–H groups in total. The van der Waals surface area contributed by atoms with Crippen molar-refractivity contribution in [2.75, 3.05) is 18.0 Å². The first-order chi connectivity index (χ1) is 15.6. The van der Waals surface area contributed by atoms with E-state index < -0.39 is 15.9 Å². The van der Waals surface area contributed by atoms with Crippen LogP contribution in [-0.4, -0.2) is 33.3 Å². The molecule has 0 saturated carbocycles. The predicted octanol–water partition coefficient (Wildman–Crippen LogP) is 2.21. The number of anilines is 1. The smallest absolute Gasteiger partial charge is 0.238 e. The number of hydrogen-bond acceptors (Lipinski definition) is 5. The lowest BCUT2D eigenvalue weighted by molar-refractivity contribution is -0.116. The van der Waals surface area contributed by atoms with Gasteiger partial charge in [-0.15, -0.1) is 0 Å². The maximum absolute atomic E-state index is 11.9. The Balaban J connectivity index is 1.70. The molecule has 0 unspecified atom stereocenters. The van der Waals surface area contributed by atoms with Crippen molar-refractivity contribution >= 4 is 27.5 Å². The van der Waals surface area contributed by atoms with E-state index in [4.69, 9.17) is 22.0 Å². The van der Waals surface area contributed by atoms with Gasteiger partial charge in [0.1, 0.15) is 5.84 Å². The minimum Gasteiger partial charge on any atom is -0.384 e. The number of nitrogens with zero attached hydrogens (tertiary/aromatic N) is 1. The van der Waals surface area contributed by atoms with Crippen molar-refractivity contribution in [3.05, 3.63) is 83.9 Å². The Morgan fingerprint density at radius 1 is 0.939 bits per heavy atom. The van der Waals surface area contributed by atoms with Crippen molar-refractivity contribution in [3.63, 3.8) is 0 Å². The molecule has 0 aromatic heterocycles. The third-order valence-electron chi connectivity index (χ3n) is 5.22. The molecule has 0 aliphatic carbocycles. The molecule has 0 spiro atoms. The molecule has 3 aromatic rings. The molecule has 0 saturated heterocycles. The van der Waals surface area contributed by atoms with Gasteiger partial charge < -0.3 is 16.4 Å². The van der Waals surface area contributed by atoms with Crippen LogP contribution >= 0.6 is 0 Å². The second-order valence-electron chi connectivity index (χ2n) is 7.69. The van der Waals surface area contributed by atoms with Crippen LogP contribution in [0.3, 0.4) is 0 Å².